The normalized spacial score (nSPS) is 18.9. The largest absolute Gasteiger partial charge is 0.356 e. The Morgan fingerprint density at radius 1 is 1.50 bits per heavy atom. The Bertz CT molecular complexity index is 976. The van der Waals surface area contributed by atoms with Gasteiger partial charge in [0.15, 0.2) is 11.5 Å². The van der Waals surface area contributed by atoms with Gasteiger partial charge in [-0.1, -0.05) is 46.4 Å². The van der Waals surface area contributed by atoms with Gasteiger partial charge >= 0.3 is 0 Å². The van der Waals surface area contributed by atoms with Gasteiger partial charge in [0.05, 0.1) is 11.4 Å². The molecule has 7 nitrogen and oxygen atoms in total. The van der Waals surface area contributed by atoms with Crippen molar-refractivity contribution < 1.29 is 14.0 Å². The molecule has 0 radical (unpaired) electrons. The summed E-state index contributed by atoms with van der Waals surface area (Å²) in [6.07, 6.45) is 1.87. The minimum absolute atomic E-state index is 0.0141. The first-order valence-corrected chi connectivity index (χ1v) is 11.4. The molecular formula is C23H30FN5O2S. The van der Waals surface area contributed by atoms with E-state index in [9.17, 15) is 19.2 Å². The van der Waals surface area contributed by atoms with Gasteiger partial charge in [0.2, 0.25) is 5.91 Å². The summed E-state index contributed by atoms with van der Waals surface area (Å²) in [5.41, 5.74) is -0.0151. The van der Waals surface area contributed by atoms with Crippen LogP contribution in [0.25, 0.3) is 5.70 Å². The highest BCUT2D eigenvalue weighted by Gasteiger charge is 2.25. The van der Waals surface area contributed by atoms with Crippen LogP contribution in [0.15, 0.2) is 22.8 Å². The predicted molar refractivity (Wildman–Crippen MR) is 125 cm³/mol. The molecule has 0 saturated carbocycles. The second-order valence-corrected chi connectivity index (χ2v) is 10.1. The number of halogens is 1. The molecule has 0 aliphatic carbocycles. The zero-order valence-corrected chi connectivity index (χ0v) is 20.2. The van der Waals surface area contributed by atoms with E-state index in [0.717, 1.165) is 0 Å². The number of aliphatic imine (C=N–C) groups is 1. The molecule has 1 atom stereocenters. The Morgan fingerprint density at radius 2 is 2.19 bits per heavy atom. The van der Waals surface area contributed by atoms with Gasteiger partial charge < -0.3 is 10.2 Å². The second-order valence-electron chi connectivity index (χ2n) is 9.15. The minimum atomic E-state index is -0.513. The third-order valence-electron chi connectivity index (χ3n) is 4.92. The maximum atomic E-state index is 14.7. The van der Waals surface area contributed by atoms with E-state index in [2.05, 4.69) is 15.3 Å². The first-order chi connectivity index (χ1) is 15.0. The van der Waals surface area contributed by atoms with Crippen LogP contribution in [-0.2, 0) is 15.0 Å². The van der Waals surface area contributed by atoms with Crippen molar-refractivity contribution in [3.05, 3.63) is 34.9 Å². The summed E-state index contributed by atoms with van der Waals surface area (Å²) < 4.78 is 14.7. The van der Waals surface area contributed by atoms with Gasteiger partial charge in [-0.2, -0.15) is 5.26 Å². The number of thioether (sulfide) groups is 1. The fraction of sp³-hybridized carbons (Fsp3) is 0.522. The Morgan fingerprint density at radius 3 is 2.69 bits per heavy atom. The lowest BCUT2D eigenvalue weighted by Gasteiger charge is -2.32. The highest BCUT2D eigenvalue weighted by atomic mass is 32.2. The third kappa shape index (κ3) is 6.39. The molecule has 1 saturated heterocycles. The lowest BCUT2D eigenvalue weighted by atomic mass is 9.91. The van der Waals surface area contributed by atoms with Crippen LogP contribution in [0.1, 0.15) is 45.9 Å². The number of pyridine rings is 1. The summed E-state index contributed by atoms with van der Waals surface area (Å²) >= 11 is 1.46. The minimum Gasteiger partial charge on any atom is -0.356 e. The van der Waals surface area contributed by atoms with E-state index in [1.807, 2.05) is 52.6 Å². The van der Waals surface area contributed by atoms with Crippen LogP contribution in [0.4, 0.5) is 4.39 Å². The number of nitriles is 1. The van der Waals surface area contributed by atoms with E-state index in [1.54, 1.807) is 0 Å². The molecule has 1 fully saturated rings. The Kier molecular flexibility index (Phi) is 8.56. The van der Waals surface area contributed by atoms with Gasteiger partial charge in [-0.25, -0.2) is 9.38 Å². The Balaban J connectivity index is 2.30. The molecule has 1 N–H and O–H groups in total. The van der Waals surface area contributed by atoms with Crippen LogP contribution in [0, 0.1) is 29.0 Å². The zero-order chi connectivity index (χ0) is 24.1. The van der Waals surface area contributed by atoms with Crippen LogP contribution in [0.3, 0.4) is 0 Å². The van der Waals surface area contributed by atoms with Crippen molar-refractivity contribution in [3.8, 4) is 6.07 Å². The highest BCUT2D eigenvalue weighted by molar-refractivity contribution is 8.13. The van der Waals surface area contributed by atoms with Crippen molar-refractivity contribution in [1.29, 1.82) is 5.26 Å². The highest BCUT2D eigenvalue weighted by Crippen LogP contribution is 2.29. The van der Waals surface area contributed by atoms with Gasteiger partial charge in [-0.05, 0) is 6.07 Å². The standard InChI is InChI=1S/C23H30FN5O2S/c1-14(2)21(31)27-9-15-11-29(6)22(32-13-15)28-19(17(8-25)12-30)16-7-18(24)20(26-10-16)23(3,4)5/h7,10,12,14-15H,9,11,13H2,1-6H3,(H,27,31)/b19-17-,28-22?. The summed E-state index contributed by atoms with van der Waals surface area (Å²) in [4.78, 5) is 34.0. The molecule has 9 heteroatoms. The number of allylic oxidation sites excluding steroid dienone is 1. The molecule has 1 aliphatic heterocycles. The first kappa shape index (κ1) is 25.5. The molecular weight excluding hydrogens is 429 g/mol. The lowest BCUT2D eigenvalue weighted by molar-refractivity contribution is -0.124. The zero-order valence-electron chi connectivity index (χ0n) is 19.4. The number of nitrogens with zero attached hydrogens (tertiary/aromatic N) is 4. The summed E-state index contributed by atoms with van der Waals surface area (Å²) in [5, 5.41) is 13.0. The SMILES string of the molecule is CC(C)C(=O)NCC1CSC(=N/C(=C(/C#N)C=O)c2cnc(C(C)(C)C)c(F)c2)N(C)C1. The van der Waals surface area contributed by atoms with Gasteiger partial charge in [-0.3, -0.25) is 14.6 Å². The number of rotatable bonds is 6. The summed E-state index contributed by atoms with van der Waals surface area (Å²) in [6, 6.07) is 3.12. The molecule has 1 aromatic heterocycles. The summed E-state index contributed by atoms with van der Waals surface area (Å²) in [6.45, 7) is 10.5. The maximum Gasteiger partial charge on any atom is 0.222 e. The van der Waals surface area contributed by atoms with Crippen LogP contribution in [0.5, 0.6) is 0 Å². The number of hydrogen-bond acceptors (Lipinski definition) is 6. The van der Waals surface area contributed by atoms with Crippen molar-refractivity contribution in [1.82, 2.24) is 15.2 Å². The van der Waals surface area contributed by atoms with Gasteiger partial charge in [0.1, 0.15) is 17.5 Å². The fourth-order valence-electron chi connectivity index (χ4n) is 3.14. The number of amides is 1. The average Bonchev–Trinajstić information content (AvgIpc) is 2.72. The molecule has 2 heterocycles. The molecule has 1 aromatic rings. The van der Waals surface area contributed by atoms with E-state index >= 15 is 0 Å². The first-order valence-electron chi connectivity index (χ1n) is 10.4. The van der Waals surface area contributed by atoms with E-state index in [-0.39, 0.29) is 34.6 Å². The molecule has 0 aromatic carbocycles. The molecule has 1 amide bonds. The van der Waals surface area contributed by atoms with Crippen molar-refractivity contribution >= 4 is 34.8 Å². The van der Waals surface area contributed by atoms with Crippen LogP contribution in [0.2, 0.25) is 0 Å². The molecule has 0 spiro atoms. The molecule has 1 aliphatic rings. The molecule has 32 heavy (non-hydrogen) atoms. The van der Waals surface area contributed by atoms with Crippen molar-refractivity contribution in [2.45, 2.75) is 40.0 Å². The number of carbonyl (C=O) groups excluding carboxylic acids is 2. The van der Waals surface area contributed by atoms with Crippen LogP contribution >= 0.6 is 11.8 Å². The monoisotopic (exact) mass is 459 g/mol. The van der Waals surface area contributed by atoms with Gasteiger partial charge in [0, 0.05) is 54.9 Å². The van der Waals surface area contributed by atoms with E-state index in [4.69, 9.17) is 0 Å². The smallest absolute Gasteiger partial charge is 0.222 e. The molecule has 172 valence electrons. The van der Waals surface area contributed by atoms with Gasteiger partial charge in [-0.15, -0.1) is 0 Å². The fourth-order valence-corrected chi connectivity index (χ4v) is 4.20. The lowest BCUT2D eigenvalue weighted by Crippen LogP contribution is -2.42. The van der Waals surface area contributed by atoms with Crippen LogP contribution < -0.4 is 5.32 Å². The van der Waals surface area contributed by atoms with Crippen LogP contribution in [-0.4, -0.2) is 53.1 Å². The van der Waals surface area contributed by atoms with Crippen molar-refractivity contribution in [3.63, 3.8) is 0 Å². The summed E-state index contributed by atoms with van der Waals surface area (Å²) in [7, 11) is 1.86. The number of nitrogens with one attached hydrogen (secondary N) is 1. The number of amidine groups is 1. The van der Waals surface area contributed by atoms with Gasteiger partial charge in [0.25, 0.3) is 0 Å². The van der Waals surface area contributed by atoms with Crippen molar-refractivity contribution in [2.24, 2.45) is 16.8 Å². The van der Waals surface area contributed by atoms with E-state index in [1.165, 1.54) is 24.0 Å². The molecule has 2 rings (SSSR count). The summed E-state index contributed by atoms with van der Waals surface area (Å²) in [5.74, 6) is 0.376. The average molecular weight is 460 g/mol. The predicted octanol–water partition coefficient (Wildman–Crippen LogP) is 3.37. The third-order valence-corrected chi connectivity index (χ3v) is 6.22. The Hall–Kier alpha value is -2.73. The molecule has 0 bridgehead atoms. The molecule has 1 unspecified atom stereocenters. The number of carbonyl (C=O) groups is 2. The number of aldehydes is 1. The van der Waals surface area contributed by atoms with Crippen molar-refractivity contribution in [2.75, 3.05) is 25.9 Å². The Labute approximate surface area is 193 Å². The van der Waals surface area contributed by atoms with E-state index < -0.39 is 11.2 Å². The van der Waals surface area contributed by atoms with E-state index in [0.29, 0.717) is 36.0 Å². The number of aromatic nitrogens is 1. The number of hydrogen-bond donors (Lipinski definition) is 1. The maximum absolute atomic E-state index is 14.7. The topological polar surface area (TPSA) is 98.4 Å². The second kappa shape index (κ2) is 10.7. The quantitative estimate of drug-likeness (QED) is 0.398.